The molecule has 1 unspecified atom stereocenters. The van der Waals surface area contributed by atoms with Crippen LogP contribution < -0.4 is 4.74 Å². The Balaban J connectivity index is 1.28. The Morgan fingerprint density at radius 3 is 2.57 bits per heavy atom. The van der Waals surface area contributed by atoms with Crippen LogP contribution in [0.4, 0.5) is 5.82 Å². The number of rotatable bonds is 7. The molecule has 3 aromatic rings. The number of benzene rings is 2. The maximum atomic E-state index is 10.8. The molecule has 2 aromatic carbocycles. The van der Waals surface area contributed by atoms with Crippen molar-refractivity contribution in [3.63, 3.8) is 0 Å². The van der Waals surface area contributed by atoms with Crippen LogP contribution in [0, 0.1) is 10.1 Å². The normalized spacial score (nSPS) is 18.0. The molecule has 1 aromatic heterocycles. The maximum absolute atomic E-state index is 10.8. The molecule has 28 heavy (non-hydrogen) atoms. The molecule has 144 valence electrons. The third-order valence-corrected chi connectivity index (χ3v) is 5.58. The lowest BCUT2D eigenvalue weighted by molar-refractivity contribution is -0.389. The highest BCUT2D eigenvalue weighted by molar-refractivity contribution is 8.00. The van der Waals surface area contributed by atoms with Gasteiger partial charge in [-0.1, -0.05) is 30.3 Å². The number of para-hydroxylation sites is 1. The molecule has 1 aliphatic heterocycles. The quantitative estimate of drug-likeness (QED) is 0.426. The van der Waals surface area contributed by atoms with E-state index >= 15 is 0 Å². The Morgan fingerprint density at radius 2 is 1.89 bits per heavy atom. The average Bonchev–Trinajstić information content (AvgIpc) is 3.19. The van der Waals surface area contributed by atoms with Crippen molar-refractivity contribution >= 4 is 17.6 Å². The first kappa shape index (κ1) is 18.5. The average molecular weight is 397 g/mol. The Morgan fingerprint density at radius 1 is 1.18 bits per heavy atom. The van der Waals surface area contributed by atoms with Crippen LogP contribution in [0.1, 0.15) is 12.5 Å². The monoisotopic (exact) mass is 397 g/mol. The van der Waals surface area contributed by atoms with Gasteiger partial charge in [-0.15, -0.1) is 0 Å². The standard InChI is InChI=1S/C20H19N3O4S/c1-20(13-22-11-18(23(24)25)21-19(22)28-20)14-26-12-15-7-9-17(10-8-15)27-16-5-3-2-4-6-16/h2-11H,12-14H2,1H3. The van der Waals surface area contributed by atoms with Crippen LogP contribution in [0.5, 0.6) is 11.5 Å². The molecule has 0 saturated carbocycles. The first-order valence-corrected chi connectivity index (χ1v) is 9.63. The van der Waals surface area contributed by atoms with E-state index in [9.17, 15) is 10.1 Å². The van der Waals surface area contributed by atoms with Crippen molar-refractivity contribution in [3.8, 4) is 11.5 Å². The Bertz CT molecular complexity index is 949. The van der Waals surface area contributed by atoms with Crippen LogP contribution >= 0.6 is 11.8 Å². The number of thioether (sulfide) groups is 1. The van der Waals surface area contributed by atoms with Crippen molar-refractivity contribution in [2.75, 3.05) is 6.61 Å². The van der Waals surface area contributed by atoms with Crippen molar-refractivity contribution in [3.05, 3.63) is 76.5 Å². The summed E-state index contributed by atoms with van der Waals surface area (Å²) in [5, 5.41) is 11.5. The van der Waals surface area contributed by atoms with E-state index in [-0.39, 0.29) is 10.6 Å². The number of ether oxygens (including phenoxy) is 2. The van der Waals surface area contributed by atoms with E-state index in [2.05, 4.69) is 11.9 Å². The molecular weight excluding hydrogens is 378 g/mol. The summed E-state index contributed by atoms with van der Waals surface area (Å²) >= 11 is 1.52. The molecule has 0 N–H and O–H groups in total. The lowest BCUT2D eigenvalue weighted by Gasteiger charge is -2.21. The topological polar surface area (TPSA) is 79.4 Å². The molecule has 0 bridgehead atoms. The number of fused-ring (bicyclic) bond motifs is 1. The fourth-order valence-corrected chi connectivity index (χ4v) is 4.18. The van der Waals surface area contributed by atoms with E-state index in [1.165, 1.54) is 18.0 Å². The summed E-state index contributed by atoms with van der Waals surface area (Å²) in [4.78, 5) is 14.4. The zero-order valence-corrected chi connectivity index (χ0v) is 16.1. The number of imidazole rings is 1. The van der Waals surface area contributed by atoms with Gasteiger partial charge in [0.1, 0.15) is 17.7 Å². The molecule has 8 heteroatoms. The molecule has 1 atom stereocenters. The van der Waals surface area contributed by atoms with Crippen LogP contribution in [0.15, 0.2) is 66.0 Å². The smallest absolute Gasteiger partial charge is 0.382 e. The first-order valence-electron chi connectivity index (χ1n) is 8.81. The van der Waals surface area contributed by atoms with Gasteiger partial charge < -0.3 is 19.6 Å². The van der Waals surface area contributed by atoms with E-state index in [1.54, 1.807) is 0 Å². The van der Waals surface area contributed by atoms with Gasteiger partial charge in [0.2, 0.25) is 0 Å². The van der Waals surface area contributed by atoms with Crippen molar-refractivity contribution in [1.29, 1.82) is 0 Å². The summed E-state index contributed by atoms with van der Waals surface area (Å²) in [6, 6.07) is 17.5. The lowest BCUT2D eigenvalue weighted by atomic mass is 10.2. The Kier molecular flexibility index (Phi) is 5.06. The lowest BCUT2D eigenvalue weighted by Crippen LogP contribution is -2.27. The summed E-state index contributed by atoms with van der Waals surface area (Å²) < 4.78 is 13.3. The minimum absolute atomic E-state index is 0.108. The van der Waals surface area contributed by atoms with Gasteiger partial charge in [-0.2, -0.15) is 0 Å². The summed E-state index contributed by atoms with van der Waals surface area (Å²) in [5.74, 6) is 1.47. The van der Waals surface area contributed by atoms with Gasteiger partial charge in [0, 0.05) is 6.54 Å². The number of hydrogen-bond acceptors (Lipinski definition) is 6. The predicted molar refractivity (Wildman–Crippen MR) is 106 cm³/mol. The minimum atomic E-state index is -0.467. The molecule has 7 nitrogen and oxygen atoms in total. The fraction of sp³-hybridized carbons (Fsp3) is 0.250. The molecule has 4 rings (SSSR count). The molecule has 0 saturated heterocycles. The van der Waals surface area contributed by atoms with Gasteiger partial charge in [0.15, 0.2) is 0 Å². The van der Waals surface area contributed by atoms with Crippen molar-refractivity contribution in [1.82, 2.24) is 9.55 Å². The summed E-state index contributed by atoms with van der Waals surface area (Å²) in [6.07, 6.45) is 1.49. The summed E-state index contributed by atoms with van der Waals surface area (Å²) in [6.45, 7) is 3.73. The zero-order chi connectivity index (χ0) is 19.6. The van der Waals surface area contributed by atoms with Crippen LogP contribution in [0.2, 0.25) is 0 Å². The summed E-state index contributed by atoms with van der Waals surface area (Å²) in [5.41, 5.74) is 1.06. The van der Waals surface area contributed by atoms with Gasteiger partial charge in [0.05, 0.1) is 18.0 Å². The SMILES string of the molecule is CC1(COCc2ccc(Oc3ccccc3)cc2)Cn2cc([N+](=O)[O-])nc2S1. The number of aromatic nitrogens is 2. The fourth-order valence-electron chi connectivity index (χ4n) is 3.02. The van der Waals surface area contributed by atoms with E-state index in [4.69, 9.17) is 9.47 Å². The van der Waals surface area contributed by atoms with E-state index in [0.717, 1.165) is 17.1 Å². The number of nitrogens with zero attached hydrogens (tertiary/aromatic N) is 3. The molecule has 0 amide bonds. The predicted octanol–water partition coefficient (Wildman–Crippen LogP) is 4.66. The largest absolute Gasteiger partial charge is 0.457 e. The van der Waals surface area contributed by atoms with E-state index in [1.807, 2.05) is 59.2 Å². The molecule has 0 spiro atoms. The molecule has 0 radical (unpaired) electrons. The molecular formula is C20H19N3O4S. The highest BCUT2D eigenvalue weighted by Gasteiger charge is 2.39. The van der Waals surface area contributed by atoms with Gasteiger partial charge in [-0.05, 0) is 58.4 Å². The van der Waals surface area contributed by atoms with Crippen molar-refractivity contribution in [2.24, 2.45) is 0 Å². The molecule has 2 heterocycles. The third-order valence-electron chi connectivity index (χ3n) is 4.34. The van der Waals surface area contributed by atoms with Gasteiger partial charge >= 0.3 is 5.82 Å². The summed E-state index contributed by atoms with van der Waals surface area (Å²) in [7, 11) is 0. The molecule has 1 aliphatic rings. The zero-order valence-electron chi connectivity index (χ0n) is 15.3. The van der Waals surface area contributed by atoms with Gasteiger partial charge in [-0.3, -0.25) is 4.57 Å². The minimum Gasteiger partial charge on any atom is -0.457 e. The van der Waals surface area contributed by atoms with Gasteiger partial charge in [-0.25, -0.2) is 0 Å². The van der Waals surface area contributed by atoms with Crippen LogP contribution in [0.25, 0.3) is 0 Å². The van der Waals surface area contributed by atoms with Crippen molar-refractivity contribution in [2.45, 2.75) is 30.0 Å². The van der Waals surface area contributed by atoms with Crippen molar-refractivity contribution < 1.29 is 14.4 Å². The van der Waals surface area contributed by atoms with E-state index in [0.29, 0.717) is 24.9 Å². The Hall–Kier alpha value is -2.84. The molecule has 0 aliphatic carbocycles. The number of hydrogen-bond donors (Lipinski definition) is 0. The molecule has 0 fully saturated rings. The highest BCUT2D eigenvalue weighted by Crippen LogP contribution is 2.41. The van der Waals surface area contributed by atoms with Crippen LogP contribution in [0.3, 0.4) is 0 Å². The third kappa shape index (κ3) is 4.18. The van der Waals surface area contributed by atoms with Gasteiger partial charge in [0.25, 0.3) is 5.16 Å². The highest BCUT2D eigenvalue weighted by atomic mass is 32.2. The van der Waals surface area contributed by atoms with Crippen LogP contribution in [-0.4, -0.2) is 25.8 Å². The Labute approximate surface area is 166 Å². The maximum Gasteiger partial charge on any atom is 0.382 e. The van der Waals surface area contributed by atoms with E-state index < -0.39 is 4.92 Å². The van der Waals surface area contributed by atoms with Crippen LogP contribution in [-0.2, 0) is 17.9 Å². The first-order chi connectivity index (χ1) is 13.5. The number of nitro groups is 1. The second-order valence-electron chi connectivity index (χ2n) is 6.87. The second kappa shape index (κ2) is 7.65. The second-order valence-corrected chi connectivity index (χ2v) is 8.43.